The van der Waals surface area contributed by atoms with Gasteiger partial charge in [-0.05, 0) is 12.1 Å². The lowest BCUT2D eigenvalue weighted by Gasteiger charge is -2.21. The molecule has 0 aliphatic heterocycles. The molecular weight excluding hydrogens is 238 g/mol. The maximum absolute atomic E-state index is 12.1. The maximum atomic E-state index is 12.1. The van der Waals surface area contributed by atoms with E-state index < -0.39 is 5.91 Å². The summed E-state index contributed by atoms with van der Waals surface area (Å²) in [5, 5.41) is 27.7. The monoisotopic (exact) mass is 255 g/mol. The molecule has 0 aliphatic rings. The first-order valence-electron chi connectivity index (χ1n) is 5.51. The van der Waals surface area contributed by atoms with Crippen molar-refractivity contribution < 1.29 is 24.9 Å². The molecule has 1 amide bonds. The fourth-order valence-electron chi connectivity index (χ4n) is 1.51. The van der Waals surface area contributed by atoms with Crippen LogP contribution in [-0.2, 0) is 4.74 Å². The molecule has 0 radical (unpaired) electrons. The van der Waals surface area contributed by atoms with Crippen molar-refractivity contribution in [1.29, 1.82) is 0 Å². The van der Waals surface area contributed by atoms with Gasteiger partial charge in [-0.1, -0.05) is 0 Å². The normalized spacial score (nSPS) is 10.3. The van der Waals surface area contributed by atoms with Gasteiger partial charge in [-0.2, -0.15) is 0 Å². The Kier molecular flexibility index (Phi) is 5.41. The van der Waals surface area contributed by atoms with Gasteiger partial charge in [-0.3, -0.25) is 4.79 Å². The molecule has 1 aromatic rings. The zero-order valence-electron chi connectivity index (χ0n) is 10.2. The van der Waals surface area contributed by atoms with Crippen LogP contribution in [0.2, 0.25) is 0 Å². The summed E-state index contributed by atoms with van der Waals surface area (Å²) in [6.07, 6.45) is 0. The van der Waals surface area contributed by atoms with Crippen LogP contribution in [0.4, 0.5) is 0 Å². The summed E-state index contributed by atoms with van der Waals surface area (Å²) in [6.45, 7) is 0.637. The molecule has 6 nitrogen and oxygen atoms in total. The van der Waals surface area contributed by atoms with Crippen molar-refractivity contribution in [2.75, 3.05) is 33.4 Å². The second-order valence-corrected chi connectivity index (χ2v) is 3.71. The lowest BCUT2D eigenvalue weighted by Crippen LogP contribution is -2.36. The second-order valence-electron chi connectivity index (χ2n) is 3.71. The Hall–Kier alpha value is -1.79. The number of aliphatic hydroxyl groups is 1. The van der Waals surface area contributed by atoms with Crippen molar-refractivity contribution >= 4 is 5.91 Å². The Bertz CT molecular complexity index is 407. The van der Waals surface area contributed by atoms with Crippen molar-refractivity contribution in [3.63, 3.8) is 0 Å². The van der Waals surface area contributed by atoms with Gasteiger partial charge in [0.25, 0.3) is 5.91 Å². The number of phenols is 2. The molecule has 0 fully saturated rings. The van der Waals surface area contributed by atoms with Gasteiger partial charge in [-0.15, -0.1) is 0 Å². The summed E-state index contributed by atoms with van der Waals surface area (Å²) in [5.74, 6) is -0.825. The highest BCUT2D eigenvalue weighted by Gasteiger charge is 2.18. The minimum Gasteiger partial charge on any atom is -0.508 e. The number of ether oxygens (including phenoxy) is 1. The number of amides is 1. The number of aromatic hydroxyl groups is 2. The van der Waals surface area contributed by atoms with Crippen LogP contribution < -0.4 is 0 Å². The summed E-state index contributed by atoms with van der Waals surface area (Å²) in [4.78, 5) is 13.5. The molecule has 3 N–H and O–H groups in total. The van der Waals surface area contributed by atoms with Gasteiger partial charge < -0.3 is 25.0 Å². The predicted molar refractivity (Wildman–Crippen MR) is 64.6 cm³/mol. The van der Waals surface area contributed by atoms with Gasteiger partial charge in [-0.25, -0.2) is 0 Å². The van der Waals surface area contributed by atoms with Gasteiger partial charge in [0, 0.05) is 26.3 Å². The number of hydrogen-bond acceptors (Lipinski definition) is 5. The molecule has 18 heavy (non-hydrogen) atoms. The average molecular weight is 255 g/mol. The number of nitrogens with zero attached hydrogens (tertiary/aromatic N) is 1. The molecule has 100 valence electrons. The molecule has 6 heteroatoms. The second kappa shape index (κ2) is 6.83. The van der Waals surface area contributed by atoms with Crippen molar-refractivity contribution in [1.82, 2.24) is 4.90 Å². The Morgan fingerprint density at radius 3 is 2.61 bits per heavy atom. The molecular formula is C12H17NO5. The first-order valence-corrected chi connectivity index (χ1v) is 5.51. The molecule has 0 bridgehead atoms. The van der Waals surface area contributed by atoms with Crippen LogP contribution in [0.5, 0.6) is 11.5 Å². The highest BCUT2D eigenvalue weighted by Crippen LogP contribution is 2.23. The quantitative estimate of drug-likeness (QED) is 0.674. The van der Waals surface area contributed by atoms with Crippen LogP contribution in [0.3, 0.4) is 0 Å². The molecule has 1 aromatic carbocycles. The predicted octanol–water partition coefficient (Wildman–Crippen LogP) is 0.179. The molecule has 0 heterocycles. The summed E-state index contributed by atoms with van der Waals surface area (Å²) in [6, 6.07) is 3.76. The van der Waals surface area contributed by atoms with E-state index >= 15 is 0 Å². The Balaban J connectivity index is 2.87. The molecule has 0 saturated heterocycles. The number of hydrogen-bond donors (Lipinski definition) is 3. The fourth-order valence-corrected chi connectivity index (χ4v) is 1.51. The summed E-state index contributed by atoms with van der Waals surface area (Å²) < 4.78 is 4.88. The topological polar surface area (TPSA) is 90.2 Å². The van der Waals surface area contributed by atoms with E-state index in [0.29, 0.717) is 13.2 Å². The first kappa shape index (κ1) is 14.3. The molecule has 0 aromatic heterocycles. The molecule has 1 rings (SSSR count). The highest BCUT2D eigenvalue weighted by atomic mass is 16.5. The standard InChI is InChI=1S/C12H17NO5/c1-18-7-5-13(4-6-14)12(17)10-3-2-9(15)8-11(10)16/h2-3,8,14-16H,4-7H2,1H3. The van der Waals surface area contributed by atoms with Crippen LogP contribution in [0.25, 0.3) is 0 Å². The van der Waals surface area contributed by atoms with Gasteiger partial charge in [0.1, 0.15) is 11.5 Å². The SMILES string of the molecule is COCCN(CCO)C(=O)c1ccc(O)cc1O. The van der Waals surface area contributed by atoms with E-state index in [-0.39, 0.29) is 30.2 Å². The fraction of sp³-hybridized carbons (Fsp3) is 0.417. The van der Waals surface area contributed by atoms with E-state index in [1.165, 1.54) is 24.1 Å². The van der Waals surface area contributed by atoms with E-state index in [1.54, 1.807) is 0 Å². The largest absolute Gasteiger partial charge is 0.508 e. The number of benzene rings is 1. The lowest BCUT2D eigenvalue weighted by atomic mass is 10.1. The average Bonchev–Trinajstić information content (AvgIpc) is 2.33. The van der Waals surface area contributed by atoms with Gasteiger partial charge in [0.15, 0.2) is 0 Å². The minimum atomic E-state index is -0.418. The molecule has 0 saturated carbocycles. The van der Waals surface area contributed by atoms with E-state index in [4.69, 9.17) is 14.9 Å². The molecule has 0 unspecified atom stereocenters. The van der Waals surface area contributed by atoms with E-state index in [1.807, 2.05) is 0 Å². The summed E-state index contributed by atoms with van der Waals surface area (Å²) in [7, 11) is 1.51. The number of carbonyl (C=O) groups excluding carboxylic acids is 1. The number of phenolic OH excluding ortho intramolecular Hbond substituents is 2. The number of methoxy groups -OCH3 is 1. The zero-order valence-corrected chi connectivity index (χ0v) is 10.2. The van der Waals surface area contributed by atoms with Crippen molar-refractivity contribution in [2.45, 2.75) is 0 Å². The van der Waals surface area contributed by atoms with Crippen LogP contribution in [0.1, 0.15) is 10.4 Å². The summed E-state index contributed by atoms with van der Waals surface area (Å²) in [5.41, 5.74) is 0.0809. The van der Waals surface area contributed by atoms with Crippen LogP contribution in [0, 0.1) is 0 Å². The number of aliphatic hydroxyl groups excluding tert-OH is 1. The zero-order chi connectivity index (χ0) is 13.5. The lowest BCUT2D eigenvalue weighted by molar-refractivity contribution is 0.0653. The van der Waals surface area contributed by atoms with Gasteiger partial charge in [0.05, 0.1) is 18.8 Å². The van der Waals surface area contributed by atoms with Crippen molar-refractivity contribution in [2.24, 2.45) is 0 Å². The number of carbonyl (C=O) groups is 1. The van der Waals surface area contributed by atoms with Crippen LogP contribution in [0.15, 0.2) is 18.2 Å². The molecule has 0 aliphatic carbocycles. The third kappa shape index (κ3) is 3.61. The van der Waals surface area contributed by atoms with E-state index in [9.17, 15) is 9.90 Å². The smallest absolute Gasteiger partial charge is 0.257 e. The maximum Gasteiger partial charge on any atom is 0.257 e. The van der Waals surface area contributed by atoms with E-state index in [0.717, 1.165) is 6.07 Å². The minimum absolute atomic E-state index is 0.0809. The highest BCUT2D eigenvalue weighted by molar-refractivity contribution is 5.97. The Morgan fingerprint density at radius 1 is 1.33 bits per heavy atom. The van der Waals surface area contributed by atoms with Crippen LogP contribution in [-0.4, -0.2) is 59.5 Å². The summed E-state index contributed by atoms with van der Waals surface area (Å²) >= 11 is 0. The molecule has 0 atom stereocenters. The first-order chi connectivity index (χ1) is 8.60. The molecule has 0 spiro atoms. The van der Waals surface area contributed by atoms with Crippen molar-refractivity contribution in [3.05, 3.63) is 23.8 Å². The third-order valence-corrected chi connectivity index (χ3v) is 2.43. The number of rotatable bonds is 6. The van der Waals surface area contributed by atoms with Crippen LogP contribution >= 0.6 is 0 Å². The van der Waals surface area contributed by atoms with E-state index in [2.05, 4.69) is 0 Å². The Morgan fingerprint density at radius 2 is 2.06 bits per heavy atom. The van der Waals surface area contributed by atoms with Gasteiger partial charge in [0.2, 0.25) is 0 Å². The third-order valence-electron chi connectivity index (χ3n) is 2.43. The Labute approximate surface area is 105 Å². The van der Waals surface area contributed by atoms with Crippen molar-refractivity contribution in [3.8, 4) is 11.5 Å². The van der Waals surface area contributed by atoms with Gasteiger partial charge >= 0.3 is 0 Å².